The van der Waals surface area contributed by atoms with E-state index in [0.717, 1.165) is 24.6 Å². The third-order valence-electron chi connectivity index (χ3n) is 4.16. The van der Waals surface area contributed by atoms with Gasteiger partial charge in [-0.25, -0.2) is 9.67 Å². The second kappa shape index (κ2) is 7.14. The molecule has 1 aromatic heterocycles. The zero-order valence-corrected chi connectivity index (χ0v) is 14.2. The third kappa shape index (κ3) is 3.40. The lowest BCUT2D eigenvalue weighted by molar-refractivity contribution is -0.128. The summed E-state index contributed by atoms with van der Waals surface area (Å²) in [6.45, 7) is 4.53. The molecule has 1 N–H and O–H groups in total. The van der Waals surface area contributed by atoms with Crippen LogP contribution in [0.3, 0.4) is 0 Å². The third-order valence-corrected chi connectivity index (χ3v) is 4.90. The first kappa shape index (κ1) is 16.0. The minimum Gasteiger partial charge on any atom is -0.353 e. The van der Waals surface area contributed by atoms with Crippen molar-refractivity contribution in [3.63, 3.8) is 0 Å². The Bertz CT molecular complexity index is 669. The molecule has 0 spiro atoms. The van der Waals surface area contributed by atoms with E-state index in [1.54, 1.807) is 18.1 Å². The SMILES string of the molecule is CCN1CCNC(=O)[C@@H]1Cc1ncnn1-c1ccc(SC)cc1. The first-order chi connectivity index (χ1) is 11.2. The molecule has 6 nitrogen and oxygen atoms in total. The molecule has 1 aliphatic rings. The summed E-state index contributed by atoms with van der Waals surface area (Å²) in [5, 5.41) is 7.27. The van der Waals surface area contributed by atoms with Crippen LogP contribution in [0.4, 0.5) is 0 Å². The van der Waals surface area contributed by atoms with Crippen LogP contribution in [0.15, 0.2) is 35.5 Å². The Morgan fingerprint density at radius 2 is 2.13 bits per heavy atom. The predicted molar refractivity (Wildman–Crippen MR) is 90.9 cm³/mol. The summed E-state index contributed by atoms with van der Waals surface area (Å²) in [5.41, 5.74) is 0.967. The van der Waals surface area contributed by atoms with Crippen molar-refractivity contribution in [1.82, 2.24) is 25.0 Å². The number of hydrogen-bond donors (Lipinski definition) is 1. The van der Waals surface area contributed by atoms with Crippen LogP contribution >= 0.6 is 11.8 Å². The summed E-state index contributed by atoms with van der Waals surface area (Å²) in [5.74, 6) is 0.882. The molecule has 0 aliphatic carbocycles. The van der Waals surface area contributed by atoms with Crippen LogP contribution in [0, 0.1) is 0 Å². The summed E-state index contributed by atoms with van der Waals surface area (Å²) in [7, 11) is 0. The molecule has 1 saturated heterocycles. The van der Waals surface area contributed by atoms with Gasteiger partial charge in [-0.1, -0.05) is 6.92 Å². The summed E-state index contributed by atoms with van der Waals surface area (Å²) in [6, 6.07) is 8.02. The zero-order chi connectivity index (χ0) is 16.2. The Balaban J connectivity index is 1.83. The maximum Gasteiger partial charge on any atom is 0.237 e. The fourth-order valence-corrected chi connectivity index (χ4v) is 3.29. The Kier molecular flexibility index (Phi) is 4.97. The minimum atomic E-state index is -0.179. The summed E-state index contributed by atoms with van der Waals surface area (Å²) >= 11 is 1.71. The molecule has 1 aliphatic heterocycles. The average Bonchev–Trinajstić information content (AvgIpc) is 3.05. The monoisotopic (exact) mass is 331 g/mol. The average molecular weight is 331 g/mol. The van der Waals surface area contributed by atoms with Gasteiger partial charge >= 0.3 is 0 Å². The van der Waals surface area contributed by atoms with Crippen molar-refractivity contribution in [2.75, 3.05) is 25.9 Å². The first-order valence-electron chi connectivity index (χ1n) is 7.78. The normalized spacial score (nSPS) is 18.9. The molecule has 7 heteroatoms. The number of aromatic nitrogens is 3. The largest absolute Gasteiger partial charge is 0.353 e. The number of nitrogens with zero attached hydrogens (tertiary/aromatic N) is 4. The van der Waals surface area contributed by atoms with E-state index in [-0.39, 0.29) is 11.9 Å². The van der Waals surface area contributed by atoms with Crippen molar-refractivity contribution in [3.05, 3.63) is 36.4 Å². The summed E-state index contributed by atoms with van der Waals surface area (Å²) < 4.78 is 1.82. The maximum atomic E-state index is 12.2. The smallest absolute Gasteiger partial charge is 0.237 e. The minimum absolute atomic E-state index is 0.0744. The van der Waals surface area contributed by atoms with E-state index in [0.29, 0.717) is 13.0 Å². The van der Waals surface area contributed by atoms with Crippen LogP contribution in [0.2, 0.25) is 0 Å². The van der Waals surface area contributed by atoms with Gasteiger partial charge in [0, 0.05) is 24.4 Å². The van der Waals surface area contributed by atoms with E-state index in [2.05, 4.69) is 45.6 Å². The standard InChI is InChI=1S/C16H21N5OS/c1-3-20-9-8-17-16(22)14(20)10-15-18-11-19-21(15)12-4-6-13(23-2)7-5-12/h4-7,11,14H,3,8-10H2,1-2H3,(H,17,22)/t14-/m0/s1. The Hall–Kier alpha value is -1.86. The van der Waals surface area contributed by atoms with Crippen LogP contribution in [-0.4, -0.2) is 57.5 Å². The Morgan fingerprint density at radius 1 is 1.35 bits per heavy atom. The van der Waals surface area contributed by atoms with Gasteiger partial charge in [0.15, 0.2) is 0 Å². The van der Waals surface area contributed by atoms with Crippen molar-refractivity contribution in [2.24, 2.45) is 0 Å². The lowest BCUT2D eigenvalue weighted by Crippen LogP contribution is -2.56. The Morgan fingerprint density at radius 3 is 2.83 bits per heavy atom. The lowest BCUT2D eigenvalue weighted by Gasteiger charge is -2.33. The molecule has 2 aromatic rings. The van der Waals surface area contributed by atoms with E-state index in [9.17, 15) is 4.79 Å². The van der Waals surface area contributed by atoms with Crippen molar-refractivity contribution < 1.29 is 4.79 Å². The molecule has 0 radical (unpaired) electrons. The fraction of sp³-hybridized carbons (Fsp3) is 0.438. The van der Waals surface area contributed by atoms with Gasteiger partial charge in [-0.3, -0.25) is 9.69 Å². The number of thioether (sulfide) groups is 1. The van der Waals surface area contributed by atoms with Gasteiger partial charge < -0.3 is 5.32 Å². The number of likely N-dealkylation sites (N-methyl/N-ethyl adjacent to an activating group) is 1. The van der Waals surface area contributed by atoms with Gasteiger partial charge in [-0.05, 0) is 37.1 Å². The van der Waals surface area contributed by atoms with Gasteiger partial charge in [0.05, 0.1) is 11.7 Å². The molecule has 1 amide bonds. The highest BCUT2D eigenvalue weighted by atomic mass is 32.2. The second-order valence-corrected chi connectivity index (χ2v) is 6.31. The summed E-state index contributed by atoms with van der Waals surface area (Å²) in [6.07, 6.45) is 4.16. The Labute approximate surface area is 140 Å². The highest BCUT2D eigenvalue weighted by molar-refractivity contribution is 7.98. The van der Waals surface area contributed by atoms with E-state index < -0.39 is 0 Å². The van der Waals surface area contributed by atoms with Gasteiger partial charge in [0.25, 0.3) is 0 Å². The zero-order valence-electron chi connectivity index (χ0n) is 13.4. The van der Waals surface area contributed by atoms with Gasteiger partial charge in [-0.15, -0.1) is 11.8 Å². The van der Waals surface area contributed by atoms with Gasteiger partial charge in [-0.2, -0.15) is 5.10 Å². The number of carbonyl (C=O) groups is 1. The lowest BCUT2D eigenvalue weighted by atomic mass is 10.1. The number of benzene rings is 1. The molecule has 0 saturated carbocycles. The fourth-order valence-electron chi connectivity index (χ4n) is 2.88. The number of rotatable bonds is 5. The van der Waals surface area contributed by atoms with Crippen molar-refractivity contribution in [1.29, 1.82) is 0 Å². The van der Waals surface area contributed by atoms with Crippen LogP contribution in [0.25, 0.3) is 5.69 Å². The molecule has 1 aromatic carbocycles. The van der Waals surface area contributed by atoms with E-state index >= 15 is 0 Å². The van der Waals surface area contributed by atoms with Gasteiger partial charge in [0.2, 0.25) is 5.91 Å². The van der Waals surface area contributed by atoms with Gasteiger partial charge in [0.1, 0.15) is 12.2 Å². The quantitative estimate of drug-likeness (QED) is 0.838. The molecule has 122 valence electrons. The highest BCUT2D eigenvalue weighted by Gasteiger charge is 2.30. The molecule has 3 rings (SSSR count). The van der Waals surface area contributed by atoms with Crippen LogP contribution in [0.5, 0.6) is 0 Å². The second-order valence-electron chi connectivity index (χ2n) is 5.43. The number of nitrogens with one attached hydrogen (secondary N) is 1. The first-order valence-corrected chi connectivity index (χ1v) is 9.00. The van der Waals surface area contributed by atoms with Crippen molar-refractivity contribution in [2.45, 2.75) is 24.3 Å². The molecule has 0 bridgehead atoms. The molecule has 1 fully saturated rings. The molecular weight excluding hydrogens is 310 g/mol. The molecule has 1 atom stereocenters. The molecule has 2 heterocycles. The number of hydrogen-bond acceptors (Lipinski definition) is 5. The van der Waals surface area contributed by atoms with Crippen LogP contribution in [-0.2, 0) is 11.2 Å². The molecular formula is C16H21N5OS. The van der Waals surface area contributed by atoms with E-state index in [4.69, 9.17) is 0 Å². The number of amides is 1. The van der Waals surface area contributed by atoms with Crippen LogP contribution < -0.4 is 5.32 Å². The highest BCUT2D eigenvalue weighted by Crippen LogP contribution is 2.18. The van der Waals surface area contributed by atoms with E-state index in [1.165, 1.54) is 4.90 Å². The van der Waals surface area contributed by atoms with Crippen molar-refractivity contribution >= 4 is 17.7 Å². The van der Waals surface area contributed by atoms with Crippen LogP contribution in [0.1, 0.15) is 12.7 Å². The predicted octanol–water partition coefficient (Wildman–Crippen LogP) is 1.35. The molecule has 0 unspecified atom stereocenters. The topological polar surface area (TPSA) is 63.1 Å². The maximum absolute atomic E-state index is 12.2. The molecule has 23 heavy (non-hydrogen) atoms. The summed E-state index contributed by atoms with van der Waals surface area (Å²) in [4.78, 5) is 20.0. The van der Waals surface area contributed by atoms with Crippen molar-refractivity contribution in [3.8, 4) is 5.69 Å². The number of carbonyl (C=O) groups excluding carboxylic acids is 1. The number of piperazine rings is 1. The van der Waals surface area contributed by atoms with E-state index in [1.807, 2.05) is 16.8 Å².